The van der Waals surface area contributed by atoms with Crippen molar-refractivity contribution >= 4 is 53.8 Å². The molecule has 0 heterocycles. The SMILES string of the molecule is CSCC[C@H](NC(=O)[C@H](CC1CCCCC1)NC(=O)CNC(=O)CNC(=O)[C@@H](N)Cc1ccc(O)cc1)C(=O)O.Cl. The van der Waals surface area contributed by atoms with Crippen LogP contribution in [0.1, 0.15) is 50.5 Å². The zero-order chi connectivity index (χ0) is 29.5. The number of rotatable bonds is 16. The number of carboxylic acids is 1. The fourth-order valence-corrected chi connectivity index (χ4v) is 4.99. The van der Waals surface area contributed by atoms with Crippen molar-refractivity contribution in [2.75, 3.05) is 25.1 Å². The van der Waals surface area contributed by atoms with Gasteiger partial charge < -0.3 is 37.2 Å². The first kappa shape index (κ1) is 36.0. The Morgan fingerprint density at radius 1 is 0.927 bits per heavy atom. The van der Waals surface area contributed by atoms with Gasteiger partial charge in [-0.1, -0.05) is 44.2 Å². The molecule has 1 fully saturated rings. The number of carbonyl (C=O) groups excluding carboxylic acids is 4. The average molecular weight is 616 g/mol. The van der Waals surface area contributed by atoms with Crippen LogP contribution in [0.25, 0.3) is 0 Å². The number of aliphatic carboxylic acids is 1. The maximum atomic E-state index is 13.0. The monoisotopic (exact) mass is 615 g/mol. The van der Waals surface area contributed by atoms with Gasteiger partial charge in [0.15, 0.2) is 0 Å². The highest BCUT2D eigenvalue weighted by Crippen LogP contribution is 2.27. The second kappa shape index (κ2) is 19.2. The highest BCUT2D eigenvalue weighted by Gasteiger charge is 2.29. The Kier molecular flexibility index (Phi) is 16.8. The van der Waals surface area contributed by atoms with E-state index in [1.54, 1.807) is 12.1 Å². The maximum absolute atomic E-state index is 13.0. The molecule has 41 heavy (non-hydrogen) atoms. The minimum Gasteiger partial charge on any atom is -0.508 e. The summed E-state index contributed by atoms with van der Waals surface area (Å²) in [5.74, 6) is -2.58. The number of benzene rings is 1. The van der Waals surface area contributed by atoms with Gasteiger partial charge in [0.1, 0.15) is 17.8 Å². The molecule has 8 N–H and O–H groups in total. The number of thioether (sulfide) groups is 1. The maximum Gasteiger partial charge on any atom is 0.326 e. The number of phenols is 1. The number of carboxylic acid groups (broad SMARTS) is 1. The number of halogens is 1. The molecule has 0 bridgehead atoms. The van der Waals surface area contributed by atoms with Crippen LogP contribution in [-0.2, 0) is 30.4 Å². The molecule has 3 atom stereocenters. The first-order valence-corrected chi connectivity index (χ1v) is 14.9. The van der Waals surface area contributed by atoms with E-state index in [1.807, 2.05) is 6.26 Å². The summed E-state index contributed by atoms with van der Waals surface area (Å²) < 4.78 is 0. The van der Waals surface area contributed by atoms with Gasteiger partial charge in [0, 0.05) is 0 Å². The molecule has 0 radical (unpaired) electrons. The summed E-state index contributed by atoms with van der Waals surface area (Å²) in [5, 5.41) is 28.8. The van der Waals surface area contributed by atoms with Crippen molar-refractivity contribution in [2.45, 2.75) is 69.5 Å². The standard InChI is InChI=1S/C27H41N5O7S.ClH/c1-40-12-11-21(27(38)39)32-26(37)22(14-17-5-3-2-4-6-17)31-24(35)16-29-23(34)15-30-25(36)20(28)13-18-7-9-19(33)10-8-18;/h7-10,17,20-22,33H,2-6,11-16,28H2,1H3,(H,29,34)(H,30,36)(H,31,35)(H,32,37)(H,38,39);1H/t20-,21-,22-;/m0./s1. The van der Waals surface area contributed by atoms with Crippen LogP contribution in [0.15, 0.2) is 24.3 Å². The van der Waals surface area contributed by atoms with Gasteiger partial charge in [-0.2, -0.15) is 11.8 Å². The van der Waals surface area contributed by atoms with Crippen LogP contribution in [-0.4, -0.2) is 83.0 Å². The lowest BCUT2D eigenvalue weighted by Gasteiger charge is -2.27. The van der Waals surface area contributed by atoms with E-state index < -0.39 is 60.8 Å². The molecular formula is C27H42ClN5O7S. The fourth-order valence-electron chi connectivity index (χ4n) is 4.52. The molecule has 12 nitrogen and oxygen atoms in total. The fraction of sp³-hybridized carbons (Fsp3) is 0.593. The highest BCUT2D eigenvalue weighted by molar-refractivity contribution is 7.98. The molecule has 0 saturated heterocycles. The summed E-state index contributed by atoms with van der Waals surface area (Å²) >= 11 is 1.47. The Bertz CT molecular complexity index is 1010. The molecule has 0 spiro atoms. The van der Waals surface area contributed by atoms with Crippen LogP contribution < -0.4 is 27.0 Å². The predicted octanol–water partition coefficient (Wildman–Crippen LogP) is 0.694. The lowest BCUT2D eigenvalue weighted by Crippen LogP contribution is -2.54. The molecule has 1 saturated carbocycles. The van der Waals surface area contributed by atoms with Gasteiger partial charge in [-0.15, -0.1) is 12.4 Å². The van der Waals surface area contributed by atoms with Gasteiger partial charge in [-0.3, -0.25) is 19.2 Å². The second-order valence-corrected chi connectivity index (χ2v) is 11.0. The second-order valence-electron chi connectivity index (χ2n) is 10.0. The van der Waals surface area contributed by atoms with Crippen LogP contribution >= 0.6 is 24.2 Å². The molecule has 1 aliphatic rings. The number of nitrogens with two attached hydrogens (primary N) is 1. The van der Waals surface area contributed by atoms with Crippen LogP contribution in [0.4, 0.5) is 0 Å². The van der Waals surface area contributed by atoms with Gasteiger partial charge >= 0.3 is 5.97 Å². The van der Waals surface area contributed by atoms with E-state index in [2.05, 4.69) is 21.3 Å². The molecule has 0 unspecified atom stereocenters. The van der Waals surface area contributed by atoms with E-state index in [1.165, 1.54) is 23.9 Å². The van der Waals surface area contributed by atoms with Crippen molar-refractivity contribution in [3.8, 4) is 5.75 Å². The summed E-state index contributed by atoms with van der Waals surface area (Å²) in [6.45, 7) is -0.811. The molecule has 4 amide bonds. The Labute approximate surface area is 250 Å². The average Bonchev–Trinajstić information content (AvgIpc) is 2.93. The van der Waals surface area contributed by atoms with Gasteiger partial charge in [0.05, 0.1) is 19.1 Å². The third-order valence-corrected chi connectivity index (χ3v) is 7.41. The summed E-state index contributed by atoms with van der Waals surface area (Å²) in [6, 6.07) is 3.35. The number of phenolic OH excluding ortho intramolecular Hbond substituents is 1. The summed E-state index contributed by atoms with van der Waals surface area (Å²) in [5.41, 5.74) is 6.63. The number of aromatic hydroxyl groups is 1. The Morgan fingerprint density at radius 3 is 2.17 bits per heavy atom. The van der Waals surface area contributed by atoms with Crippen LogP contribution in [0.2, 0.25) is 0 Å². The van der Waals surface area contributed by atoms with Crippen molar-refractivity contribution in [3.05, 3.63) is 29.8 Å². The van der Waals surface area contributed by atoms with Crippen molar-refractivity contribution in [2.24, 2.45) is 11.7 Å². The van der Waals surface area contributed by atoms with E-state index in [-0.39, 0.29) is 36.9 Å². The molecule has 14 heteroatoms. The van der Waals surface area contributed by atoms with Crippen molar-refractivity contribution in [3.63, 3.8) is 0 Å². The number of carbonyl (C=O) groups is 5. The minimum atomic E-state index is -1.14. The Hall–Kier alpha value is -3.03. The molecule has 2 rings (SSSR count). The van der Waals surface area contributed by atoms with E-state index in [9.17, 15) is 34.2 Å². The highest BCUT2D eigenvalue weighted by atomic mass is 35.5. The van der Waals surface area contributed by atoms with Crippen LogP contribution in [0.5, 0.6) is 5.75 Å². The topological polar surface area (TPSA) is 200 Å². The van der Waals surface area contributed by atoms with Crippen molar-refractivity contribution < 1.29 is 34.2 Å². The van der Waals surface area contributed by atoms with Crippen molar-refractivity contribution in [1.29, 1.82) is 0 Å². The summed E-state index contributed by atoms with van der Waals surface area (Å²) in [7, 11) is 0. The zero-order valence-corrected chi connectivity index (χ0v) is 24.9. The van der Waals surface area contributed by atoms with E-state index in [0.717, 1.165) is 37.7 Å². The first-order valence-electron chi connectivity index (χ1n) is 13.5. The van der Waals surface area contributed by atoms with E-state index >= 15 is 0 Å². The molecule has 1 aromatic rings. The number of hydrogen-bond acceptors (Lipinski definition) is 8. The molecule has 0 aliphatic heterocycles. The van der Waals surface area contributed by atoms with Gasteiger partial charge in [-0.05, 0) is 54.9 Å². The molecule has 230 valence electrons. The normalized spacial score (nSPS) is 15.4. The number of nitrogens with one attached hydrogen (secondary N) is 4. The predicted molar refractivity (Wildman–Crippen MR) is 159 cm³/mol. The van der Waals surface area contributed by atoms with Gasteiger partial charge in [-0.25, -0.2) is 4.79 Å². The molecule has 1 aliphatic carbocycles. The quantitative estimate of drug-likeness (QED) is 0.140. The first-order chi connectivity index (χ1) is 19.1. The minimum absolute atomic E-state index is 0. The molecule has 1 aromatic carbocycles. The van der Waals surface area contributed by atoms with E-state index in [0.29, 0.717) is 12.2 Å². The third kappa shape index (κ3) is 13.9. The van der Waals surface area contributed by atoms with Crippen LogP contribution in [0.3, 0.4) is 0 Å². The largest absolute Gasteiger partial charge is 0.508 e. The third-order valence-electron chi connectivity index (χ3n) is 6.77. The smallest absolute Gasteiger partial charge is 0.326 e. The van der Waals surface area contributed by atoms with Crippen molar-refractivity contribution in [1.82, 2.24) is 21.3 Å². The number of hydrogen-bond donors (Lipinski definition) is 7. The van der Waals surface area contributed by atoms with Gasteiger partial charge in [0.2, 0.25) is 23.6 Å². The summed E-state index contributed by atoms with van der Waals surface area (Å²) in [4.78, 5) is 61.7. The number of amides is 4. The molecule has 0 aromatic heterocycles. The zero-order valence-electron chi connectivity index (χ0n) is 23.2. The van der Waals surface area contributed by atoms with Gasteiger partial charge in [0.25, 0.3) is 0 Å². The molecular weight excluding hydrogens is 574 g/mol. The van der Waals surface area contributed by atoms with E-state index in [4.69, 9.17) is 5.73 Å². The lowest BCUT2D eigenvalue weighted by atomic mass is 9.84. The Balaban J connectivity index is 0.00000840. The summed E-state index contributed by atoms with van der Waals surface area (Å²) in [6.07, 6.45) is 7.76. The van der Waals surface area contributed by atoms with Crippen LogP contribution in [0, 0.1) is 5.92 Å². The Morgan fingerprint density at radius 2 is 1.56 bits per heavy atom. The lowest BCUT2D eigenvalue weighted by molar-refractivity contribution is -0.142.